The van der Waals surface area contributed by atoms with E-state index < -0.39 is 0 Å². The number of oxazole rings is 1. The third-order valence-electron chi connectivity index (χ3n) is 3.29. The maximum Gasteiger partial charge on any atom is 0.216 e. The van der Waals surface area contributed by atoms with E-state index in [2.05, 4.69) is 55.1 Å². The zero-order valence-electron chi connectivity index (χ0n) is 13.7. The molecular formula is C17H24N4O. The molecule has 1 heterocycles. The molecule has 0 radical (unpaired) electrons. The average Bonchev–Trinajstić information content (AvgIpc) is 2.94. The Hall–Kier alpha value is -2.30. The molecule has 0 aliphatic heterocycles. The number of anilines is 1. The molecule has 0 spiro atoms. The lowest BCUT2D eigenvalue weighted by atomic mass is 9.94. The molecule has 0 amide bonds. The van der Waals surface area contributed by atoms with E-state index in [9.17, 15) is 0 Å². The molecule has 0 aliphatic rings. The van der Waals surface area contributed by atoms with Crippen LogP contribution in [-0.4, -0.2) is 10.9 Å². The quantitative estimate of drug-likeness (QED) is 0.669. The Balaban J connectivity index is 1.99. The first kappa shape index (κ1) is 16.1. The van der Waals surface area contributed by atoms with Crippen LogP contribution in [-0.2, 0) is 18.4 Å². The van der Waals surface area contributed by atoms with Gasteiger partial charge in [0.25, 0.3) is 0 Å². The van der Waals surface area contributed by atoms with Crippen molar-refractivity contribution in [2.45, 2.75) is 46.1 Å². The number of nitrogens with zero attached hydrogens (tertiary/aromatic N) is 2. The van der Waals surface area contributed by atoms with E-state index in [4.69, 9.17) is 10.2 Å². The number of nitrogens with one attached hydrogen (secondary N) is 1. The SMILES string of the molecule is CCc1cccc(NC(N)=NCc2ncc(C(C)(C)C)o2)c1. The van der Waals surface area contributed by atoms with E-state index in [-0.39, 0.29) is 5.41 Å². The number of aryl methyl sites for hydroxylation is 1. The third kappa shape index (κ3) is 4.35. The summed E-state index contributed by atoms with van der Waals surface area (Å²) in [4.78, 5) is 8.50. The molecule has 1 aromatic carbocycles. The average molecular weight is 300 g/mol. The normalized spacial score (nSPS) is 12.5. The molecule has 5 nitrogen and oxygen atoms in total. The van der Waals surface area contributed by atoms with Crippen molar-refractivity contribution in [3.05, 3.63) is 47.7 Å². The molecule has 5 heteroatoms. The largest absolute Gasteiger partial charge is 0.443 e. The van der Waals surface area contributed by atoms with Crippen molar-refractivity contribution in [2.75, 3.05) is 5.32 Å². The highest BCUT2D eigenvalue weighted by Crippen LogP contribution is 2.22. The van der Waals surface area contributed by atoms with Crippen LogP contribution in [0.2, 0.25) is 0 Å². The van der Waals surface area contributed by atoms with Gasteiger partial charge in [-0.2, -0.15) is 0 Å². The Bertz CT molecular complexity index is 653. The standard InChI is InChI=1S/C17H24N4O/c1-5-12-7-6-8-13(9-12)21-16(18)20-11-15-19-10-14(22-15)17(2,3)4/h6-10H,5,11H2,1-4H3,(H3,18,20,21). The van der Waals surface area contributed by atoms with Gasteiger partial charge in [0, 0.05) is 11.1 Å². The summed E-state index contributed by atoms with van der Waals surface area (Å²) in [5.41, 5.74) is 8.03. The van der Waals surface area contributed by atoms with Crippen molar-refractivity contribution in [3.8, 4) is 0 Å². The van der Waals surface area contributed by atoms with Crippen molar-refractivity contribution in [2.24, 2.45) is 10.7 Å². The van der Waals surface area contributed by atoms with Crippen LogP contribution in [0, 0.1) is 0 Å². The molecule has 0 fully saturated rings. The monoisotopic (exact) mass is 300 g/mol. The van der Waals surface area contributed by atoms with Gasteiger partial charge in [-0.05, 0) is 24.1 Å². The van der Waals surface area contributed by atoms with Crippen LogP contribution >= 0.6 is 0 Å². The minimum absolute atomic E-state index is 0.0562. The van der Waals surface area contributed by atoms with Gasteiger partial charge in [-0.25, -0.2) is 9.98 Å². The predicted octanol–water partition coefficient (Wildman–Crippen LogP) is 3.46. The minimum atomic E-state index is -0.0562. The zero-order chi connectivity index (χ0) is 16.2. The summed E-state index contributed by atoms with van der Waals surface area (Å²) in [6, 6.07) is 8.10. The van der Waals surface area contributed by atoms with Crippen LogP contribution in [0.5, 0.6) is 0 Å². The van der Waals surface area contributed by atoms with Crippen molar-refractivity contribution < 1.29 is 4.42 Å². The van der Waals surface area contributed by atoms with Crippen LogP contribution in [0.3, 0.4) is 0 Å². The van der Waals surface area contributed by atoms with Gasteiger partial charge in [0.05, 0.1) is 6.20 Å². The lowest BCUT2D eigenvalue weighted by Crippen LogP contribution is -2.22. The smallest absolute Gasteiger partial charge is 0.216 e. The molecule has 3 N–H and O–H groups in total. The van der Waals surface area contributed by atoms with Crippen LogP contribution < -0.4 is 11.1 Å². The second-order valence-corrected chi connectivity index (χ2v) is 6.25. The van der Waals surface area contributed by atoms with E-state index in [0.29, 0.717) is 18.4 Å². The fourth-order valence-electron chi connectivity index (χ4n) is 1.94. The molecule has 22 heavy (non-hydrogen) atoms. The summed E-state index contributed by atoms with van der Waals surface area (Å²) in [7, 11) is 0. The van der Waals surface area contributed by atoms with Gasteiger partial charge in [-0.3, -0.25) is 0 Å². The van der Waals surface area contributed by atoms with E-state index in [1.807, 2.05) is 12.1 Å². The molecule has 0 unspecified atom stereocenters. The van der Waals surface area contributed by atoms with E-state index in [0.717, 1.165) is 17.9 Å². The molecule has 118 valence electrons. The third-order valence-corrected chi connectivity index (χ3v) is 3.29. The molecule has 0 atom stereocenters. The molecule has 2 aromatic rings. The molecule has 1 aromatic heterocycles. The summed E-state index contributed by atoms with van der Waals surface area (Å²) in [5, 5.41) is 3.08. The number of aromatic nitrogens is 1. The molecule has 0 saturated carbocycles. The zero-order valence-corrected chi connectivity index (χ0v) is 13.7. The van der Waals surface area contributed by atoms with Gasteiger partial charge in [-0.15, -0.1) is 0 Å². The van der Waals surface area contributed by atoms with E-state index >= 15 is 0 Å². The lowest BCUT2D eigenvalue weighted by molar-refractivity contribution is 0.383. The topological polar surface area (TPSA) is 76.4 Å². The summed E-state index contributed by atoms with van der Waals surface area (Å²) in [5.74, 6) is 1.76. The Morgan fingerprint density at radius 3 is 2.77 bits per heavy atom. The number of hydrogen-bond acceptors (Lipinski definition) is 3. The fourth-order valence-corrected chi connectivity index (χ4v) is 1.94. The molecule has 0 saturated heterocycles. The second-order valence-electron chi connectivity index (χ2n) is 6.25. The predicted molar refractivity (Wildman–Crippen MR) is 90.0 cm³/mol. The Labute approximate surface area is 131 Å². The van der Waals surface area contributed by atoms with Gasteiger partial charge in [0.15, 0.2) is 5.96 Å². The maximum absolute atomic E-state index is 5.91. The summed E-state index contributed by atoms with van der Waals surface area (Å²) in [6.45, 7) is 8.68. The van der Waals surface area contributed by atoms with Gasteiger partial charge in [0.1, 0.15) is 12.3 Å². The summed E-state index contributed by atoms with van der Waals surface area (Å²) >= 11 is 0. The van der Waals surface area contributed by atoms with Gasteiger partial charge in [0.2, 0.25) is 5.89 Å². The lowest BCUT2D eigenvalue weighted by Gasteiger charge is -2.12. The molecule has 0 aliphatic carbocycles. The van der Waals surface area contributed by atoms with Crippen LogP contribution in [0.15, 0.2) is 39.9 Å². The van der Waals surface area contributed by atoms with E-state index in [1.54, 1.807) is 6.20 Å². The number of nitrogens with two attached hydrogens (primary N) is 1. The number of benzene rings is 1. The van der Waals surface area contributed by atoms with Crippen molar-refractivity contribution in [3.63, 3.8) is 0 Å². The second kappa shape index (κ2) is 6.64. The highest BCUT2D eigenvalue weighted by Gasteiger charge is 2.18. The first-order chi connectivity index (χ1) is 10.4. The van der Waals surface area contributed by atoms with Crippen LogP contribution in [0.25, 0.3) is 0 Å². The van der Waals surface area contributed by atoms with Crippen LogP contribution in [0.1, 0.15) is 44.9 Å². The fraction of sp³-hybridized carbons (Fsp3) is 0.412. The minimum Gasteiger partial charge on any atom is -0.443 e. The first-order valence-electron chi connectivity index (χ1n) is 7.49. The van der Waals surface area contributed by atoms with Gasteiger partial charge < -0.3 is 15.5 Å². The van der Waals surface area contributed by atoms with Crippen molar-refractivity contribution >= 4 is 11.6 Å². The number of aliphatic imine (C=N–C) groups is 1. The highest BCUT2D eigenvalue weighted by atomic mass is 16.4. The number of rotatable bonds is 4. The first-order valence-corrected chi connectivity index (χ1v) is 7.49. The highest BCUT2D eigenvalue weighted by molar-refractivity contribution is 5.92. The van der Waals surface area contributed by atoms with Crippen LogP contribution in [0.4, 0.5) is 5.69 Å². The Kier molecular flexibility index (Phi) is 4.85. The van der Waals surface area contributed by atoms with Gasteiger partial charge >= 0.3 is 0 Å². The summed E-state index contributed by atoms with van der Waals surface area (Å²) < 4.78 is 5.68. The number of hydrogen-bond donors (Lipinski definition) is 2. The molecule has 2 rings (SSSR count). The van der Waals surface area contributed by atoms with E-state index in [1.165, 1.54) is 5.56 Å². The Morgan fingerprint density at radius 1 is 1.36 bits per heavy atom. The molecule has 0 bridgehead atoms. The van der Waals surface area contributed by atoms with Crippen molar-refractivity contribution in [1.29, 1.82) is 0 Å². The summed E-state index contributed by atoms with van der Waals surface area (Å²) in [6.07, 6.45) is 2.73. The van der Waals surface area contributed by atoms with Crippen molar-refractivity contribution in [1.82, 2.24) is 4.98 Å². The Morgan fingerprint density at radius 2 is 2.14 bits per heavy atom. The maximum atomic E-state index is 5.91. The van der Waals surface area contributed by atoms with Gasteiger partial charge in [-0.1, -0.05) is 39.8 Å². The number of guanidine groups is 1. The molecular weight excluding hydrogens is 276 g/mol.